The smallest absolute Gasteiger partial charge is 0.253 e. The Hall–Kier alpha value is -2.78. The Balaban J connectivity index is 0.000000501. The topological polar surface area (TPSA) is 82.6 Å². The number of carbonyl (C=O) groups excluding carboxylic acids is 2. The Morgan fingerprint density at radius 2 is 0.829 bits per heavy atom. The Bertz CT molecular complexity index is 1500. The standard InChI is InChI=1S/C35H62N2O3.C27H47NO2/c1-3-4-5-6-7-8-9-10-11-12-13-14-15-16-17-20-25-36(2)35(38)34-24-19-18-23-33(34)32-40-29-22-21-26-37-27-30-39-31-28-37;1-3-4-5-6-7-8-9-10-11-12-13-14-15-16-17-20-23-28(2)27(30)26-22-19-18-21-25(26)24-29/h18-19,23-24H,3-17,20-22,25-32H2,1-2H3;18-19,21-22,29H,3-17,20,23-24H2,1-2H3. The van der Waals surface area contributed by atoms with E-state index >= 15 is 0 Å². The van der Waals surface area contributed by atoms with Crippen molar-refractivity contribution in [3.05, 3.63) is 70.8 Å². The summed E-state index contributed by atoms with van der Waals surface area (Å²) in [7, 11) is 3.80. The van der Waals surface area contributed by atoms with Crippen LogP contribution in [0.4, 0.5) is 0 Å². The molecule has 402 valence electrons. The Morgan fingerprint density at radius 3 is 1.21 bits per heavy atom. The molecule has 0 atom stereocenters. The molecule has 1 aliphatic heterocycles. The van der Waals surface area contributed by atoms with Crippen molar-refractivity contribution in [3.8, 4) is 0 Å². The van der Waals surface area contributed by atoms with Gasteiger partial charge in [0, 0.05) is 58.0 Å². The van der Waals surface area contributed by atoms with Gasteiger partial charge in [0.25, 0.3) is 11.8 Å². The van der Waals surface area contributed by atoms with Crippen LogP contribution in [0.2, 0.25) is 0 Å². The molecule has 8 heteroatoms. The fourth-order valence-electron chi connectivity index (χ4n) is 9.68. The summed E-state index contributed by atoms with van der Waals surface area (Å²) in [4.78, 5) is 31.8. The minimum absolute atomic E-state index is 0.0145. The summed E-state index contributed by atoms with van der Waals surface area (Å²) < 4.78 is 11.4. The lowest BCUT2D eigenvalue weighted by Gasteiger charge is -2.26. The maximum absolute atomic E-state index is 13.1. The van der Waals surface area contributed by atoms with Crippen LogP contribution in [0, 0.1) is 0 Å². The molecule has 1 heterocycles. The molecule has 0 bridgehead atoms. The minimum Gasteiger partial charge on any atom is -0.392 e. The van der Waals surface area contributed by atoms with Gasteiger partial charge in [0.2, 0.25) is 0 Å². The van der Waals surface area contributed by atoms with Gasteiger partial charge in [0.05, 0.1) is 26.4 Å². The van der Waals surface area contributed by atoms with Crippen LogP contribution in [0.25, 0.3) is 0 Å². The molecule has 3 rings (SSSR count). The summed E-state index contributed by atoms with van der Waals surface area (Å²) >= 11 is 0. The van der Waals surface area contributed by atoms with Crippen molar-refractivity contribution >= 4 is 11.8 Å². The summed E-state index contributed by atoms with van der Waals surface area (Å²) in [5.74, 6) is 0.132. The van der Waals surface area contributed by atoms with Crippen LogP contribution in [-0.2, 0) is 22.7 Å². The number of nitrogens with zero attached hydrogens (tertiary/aromatic N) is 3. The number of carbonyl (C=O) groups is 2. The third kappa shape index (κ3) is 33.0. The van der Waals surface area contributed by atoms with Crippen LogP contribution in [0.5, 0.6) is 0 Å². The van der Waals surface area contributed by atoms with E-state index < -0.39 is 0 Å². The zero-order valence-electron chi connectivity index (χ0n) is 46.2. The number of benzene rings is 2. The lowest BCUT2D eigenvalue weighted by Crippen LogP contribution is -2.36. The lowest BCUT2D eigenvalue weighted by molar-refractivity contribution is 0.0354. The summed E-state index contributed by atoms with van der Waals surface area (Å²) in [6.07, 6.45) is 45.8. The van der Waals surface area contributed by atoms with Crippen molar-refractivity contribution in [1.82, 2.24) is 14.7 Å². The number of morpholine rings is 1. The van der Waals surface area contributed by atoms with E-state index in [2.05, 4.69) is 18.7 Å². The van der Waals surface area contributed by atoms with E-state index in [1.807, 2.05) is 61.5 Å². The van der Waals surface area contributed by atoms with Crippen molar-refractivity contribution in [2.24, 2.45) is 0 Å². The minimum atomic E-state index is -0.0885. The first-order chi connectivity index (χ1) is 34.4. The molecule has 1 aliphatic rings. The number of ether oxygens (including phenoxy) is 2. The lowest BCUT2D eigenvalue weighted by atomic mass is 10.0. The summed E-state index contributed by atoms with van der Waals surface area (Å²) in [6.45, 7) is 12.3. The molecular weight excluding hydrogens is 867 g/mol. The van der Waals surface area contributed by atoms with Crippen LogP contribution >= 0.6 is 0 Å². The predicted octanol–water partition coefficient (Wildman–Crippen LogP) is 16.2. The summed E-state index contributed by atoms with van der Waals surface area (Å²) in [6, 6.07) is 15.3. The maximum atomic E-state index is 13.1. The molecule has 0 saturated carbocycles. The maximum Gasteiger partial charge on any atom is 0.253 e. The van der Waals surface area contributed by atoms with E-state index in [0.29, 0.717) is 17.7 Å². The molecule has 70 heavy (non-hydrogen) atoms. The van der Waals surface area contributed by atoms with Gasteiger partial charge in [-0.2, -0.15) is 0 Å². The van der Waals surface area contributed by atoms with Gasteiger partial charge in [0.1, 0.15) is 0 Å². The first-order valence-corrected chi connectivity index (χ1v) is 29.6. The fraction of sp³-hybridized carbons (Fsp3) is 0.774. The first-order valence-electron chi connectivity index (χ1n) is 29.6. The zero-order chi connectivity index (χ0) is 50.4. The second-order valence-corrected chi connectivity index (χ2v) is 20.7. The number of aliphatic hydroxyl groups is 1. The second kappa shape index (κ2) is 46.0. The molecule has 0 radical (unpaired) electrons. The van der Waals surface area contributed by atoms with Gasteiger partial charge in [-0.3, -0.25) is 14.5 Å². The number of rotatable bonds is 44. The summed E-state index contributed by atoms with van der Waals surface area (Å²) in [5.41, 5.74) is 3.12. The average molecular weight is 977 g/mol. The Labute approximate surface area is 431 Å². The van der Waals surface area contributed by atoms with Gasteiger partial charge in [-0.1, -0.05) is 243 Å². The number of amides is 2. The third-order valence-corrected chi connectivity index (χ3v) is 14.4. The molecule has 0 aromatic heterocycles. The molecule has 1 saturated heterocycles. The van der Waals surface area contributed by atoms with Crippen LogP contribution in [0.1, 0.15) is 264 Å². The van der Waals surface area contributed by atoms with E-state index in [1.54, 1.807) is 11.0 Å². The van der Waals surface area contributed by atoms with Crippen molar-refractivity contribution in [2.45, 2.75) is 245 Å². The first kappa shape index (κ1) is 63.3. The fourth-order valence-corrected chi connectivity index (χ4v) is 9.68. The Morgan fingerprint density at radius 1 is 0.486 bits per heavy atom. The van der Waals surface area contributed by atoms with E-state index in [9.17, 15) is 14.7 Å². The second-order valence-electron chi connectivity index (χ2n) is 20.7. The molecule has 2 amide bonds. The molecular formula is C62H109N3O5. The van der Waals surface area contributed by atoms with Gasteiger partial charge in [-0.25, -0.2) is 0 Å². The van der Waals surface area contributed by atoms with Gasteiger partial charge >= 0.3 is 0 Å². The van der Waals surface area contributed by atoms with Crippen molar-refractivity contribution < 1.29 is 24.2 Å². The SMILES string of the molecule is CCCCCCCCCCCCCCCCCCN(C)C(=O)c1ccccc1CO.CCCCCCCCCCCCCCCCCCN(C)C(=O)c1ccccc1COCCCCN1CCOCC1. The third-order valence-electron chi connectivity index (χ3n) is 14.4. The highest BCUT2D eigenvalue weighted by Gasteiger charge is 2.17. The molecule has 8 nitrogen and oxygen atoms in total. The number of aliphatic hydroxyl groups excluding tert-OH is 1. The number of unbranched alkanes of at least 4 members (excludes halogenated alkanes) is 31. The molecule has 1 N–H and O–H groups in total. The number of hydrogen-bond acceptors (Lipinski definition) is 6. The molecule has 1 fully saturated rings. The highest BCUT2D eigenvalue weighted by Crippen LogP contribution is 2.18. The molecule has 0 spiro atoms. The van der Waals surface area contributed by atoms with Crippen LogP contribution in [0.3, 0.4) is 0 Å². The van der Waals surface area contributed by atoms with Gasteiger partial charge < -0.3 is 24.4 Å². The molecule has 2 aromatic carbocycles. The van der Waals surface area contributed by atoms with Crippen LogP contribution in [0.15, 0.2) is 48.5 Å². The number of hydrogen-bond donors (Lipinski definition) is 1. The van der Waals surface area contributed by atoms with Crippen molar-refractivity contribution in [2.75, 3.05) is 66.6 Å². The van der Waals surface area contributed by atoms with E-state index in [1.165, 1.54) is 193 Å². The monoisotopic (exact) mass is 976 g/mol. The summed E-state index contributed by atoms with van der Waals surface area (Å²) in [5, 5.41) is 9.40. The largest absolute Gasteiger partial charge is 0.392 e. The molecule has 2 aromatic rings. The predicted molar refractivity (Wildman–Crippen MR) is 298 cm³/mol. The van der Waals surface area contributed by atoms with Gasteiger partial charge in [-0.15, -0.1) is 0 Å². The highest BCUT2D eigenvalue weighted by atomic mass is 16.5. The normalized spacial score (nSPS) is 12.8. The van der Waals surface area contributed by atoms with Crippen LogP contribution in [-0.4, -0.2) is 98.3 Å². The molecule has 0 aliphatic carbocycles. The Kier molecular flexibility index (Phi) is 41.7. The van der Waals surface area contributed by atoms with E-state index in [0.717, 1.165) is 89.4 Å². The van der Waals surface area contributed by atoms with Crippen molar-refractivity contribution in [1.29, 1.82) is 0 Å². The van der Waals surface area contributed by atoms with E-state index in [4.69, 9.17) is 9.47 Å². The van der Waals surface area contributed by atoms with Crippen molar-refractivity contribution in [3.63, 3.8) is 0 Å². The zero-order valence-corrected chi connectivity index (χ0v) is 46.2. The highest BCUT2D eigenvalue weighted by molar-refractivity contribution is 5.96. The van der Waals surface area contributed by atoms with Gasteiger partial charge in [0.15, 0.2) is 0 Å². The molecule has 0 unspecified atom stereocenters. The van der Waals surface area contributed by atoms with Crippen LogP contribution < -0.4 is 0 Å². The quantitative estimate of drug-likeness (QED) is 0.0666. The van der Waals surface area contributed by atoms with E-state index in [-0.39, 0.29) is 18.4 Å². The van der Waals surface area contributed by atoms with Gasteiger partial charge in [-0.05, 0) is 55.5 Å². The average Bonchev–Trinajstić information content (AvgIpc) is 3.39.